The fourth-order valence-electron chi connectivity index (χ4n) is 0. The first-order valence-electron chi connectivity index (χ1n) is 4.18. The van der Waals surface area contributed by atoms with E-state index in [-0.39, 0.29) is 12.9 Å². The molecule has 19 heteroatoms. The van der Waals surface area contributed by atoms with Crippen LogP contribution in [-0.4, -0.2) is 36.6 Å². The SMILES string of the molecule is NC(=O)[O-].NC(=O)[O-].NC(=O)[O-].NC(=O)[O-].NC(=O)[O-].NC(=O)[O-].[C+4].[O+2]. The molecular weight excluding hydrogens is 376 g/mol. The van der Waals surface area contributed by atoms with E-state index in [4.69, 9.17) is 59.4 Å². The van der Waals surface area contributed by atoms with Gasteiger partial charge in [-0.25, -0.2) is 0 Å². The minimum Gasteiger partial charge on any atom is -0.530 e. The molecule has 0 atom stereocenters. The molecule has 0 heterocycles. The normalized spacial score (nSPS) is 5.54. The first-order valence-corrected chi connectivity index (χ1v) is 4.18. The molecule has 0 aromatic rings. The van der Waals surface area contributed by atoms with E-state index in [0.717, 1.165) is 0 Å². The van der Waals surface area contributed by atoms with Crippen molar-refractivity contribution >= 4 is 36.6 Å². The zero-order valence-electron chi connectivity index (χ0n) is 12.3. The fraction of sp³-hybridized carbons (Fsp3) is 0. The first kappa shape index (κ1) is 49.6. The van der Waals surface area contributed by atoms with Gasteiger partial charge in [0.15, 0.2) is 0 Å². The van der Waals surface area contributed by atoms with E-state index < -0.39 is 36.6 Å². The first-order chi connectivity index (χ1) is 10.4. The maximum absolute atomic E-state index is 8.67. The van der Waals surface area contributed by atoms with Gasteiger partial charge >= 0.3 is 12.9 Å². The summed E-state index contributed by atoms with van der Waals surface area (Å²) in [4.78, 5) is 52.0. The molecule has 0 saturated heterocycles. The number of carboxylic acid groups (broad SMARTS) is 6. The zero-order valence-corrected chi connectivity index (χ0v) is 12.3. The monoisotopic (exact) mass is 388 g/mol. The average Bonchev–Trinajstić information content (AvgIpc) is 2.08. The molecule has 6 amide bonds. The van der Waals surface area contributed by atoms with E-state index in [1.807, 2.05) is 0 Å². The Morgan fingerprint density at radius 2 is 0.385 bits per heavy atom. The minimum atomic E-state index is -1.58. The van der Waals surface area contributed by atoms with Crippen molar-refractivity contribution < 1.29 is 64.9 Å². The van der Waals surface area contributed by atoms with Gasteiger partial charge in [0.05, 0.1) is 0 Å². The van der Waals surface area contributed by atoms with Gasteiger partial charge in [-0.3, -0.25) is 0 Å². The van der Waals surface area contributed by atoms with Gasteiger partial charge in [-0.2, -0.15) is 0 Å². The molecule has 4 radical (unpaired) electrons. The number of carbonyl (C=O) groups excluding carboxylic acids is 6. The zero-order chi connectivity index (χ0) is 21.5. The number of primary amides is 6. The summed E-state index contributed by atoms with van der Waals surface area (Å²) < 4.78 is 0. The van der Waals surface area contributed by atoms with Crippen LogP contribution in [-0.2, 0) is 5.48 Å². The van der Waals surface area contributed by atoms with Gasteiger partial charge in [0.2, 0.25) is 0 Å². The smallest absolute Gasteiger partial charge is 0.530 e. The molecule has 0 aromatic carbocycles. The molecule has 0 aliphatic rings. The number of amides is 6. The molecule has 0 bridgehead atoms. The van der Waals surface area contributed by atoms with E-state index in [1.165, 1.54) is 0 Å². The Morgan fingerprint density at radius 3 is 0.385 bits per heavy atom. The van der Waals surface area contributed by atoms with Crippen LogP contribution in [0.25, 0.3) is 0 Å². The average molecular weight is 388 g/mol. The van der Waals surface area contributed by atoms with Crippen molar-refractivity contribution in [2.24, 2.45) is 34.4 Å². The van der Waals surface area contributed by atoms with Crippen molar-refractivity contribution in [3.8, 4) is 0 Å². The Hall–Kier alpha value is -4.42. The van der Waals surface area contributed by atoms with Crippen molar-refractivity contribution in [1.82, 2.24) is 0 Å². The molecule has 0 unspecified atom stereocenters. The molecule has 12 N–H and O–H groups in total. The quantitative estimate of drug-likeness (QED) is 0.225. The Morgan fingerprint density at radius 1 is 0.385 bits per heavy atom. The third-order valence-corrected chi connectivity index (χ3v) is 0. The van der Waals surface area contributed by atoms with Crippen molar-refractivity contribution in [1.29, 1.82) is 0 Å². The van der Waals surface area contributed by atoms with Gasteiger partial charge in [0.1, 0.15) is 36.6 Å². The van der Waals surface area contributed by atoms with Gasteiger partial charge in [-0.15, -0.1) is 0 Å². The van der Waals surface area contributed by atoms with Gasteiger partial charge in [0, 0.05) is 0 Å². The second-order valence-electron chi connectivity index (χ2n) is 1.91. The Balaban J connectivity index is -0.0000000245. The fourth-order valence-corrected chi connectivity index (χ4v) is 0. The van der Waals surface area contributed by atoms with Gasteiger partial charge < -0.3 is 93.8 Å². The summed E-state index contributed by atoms with van der Waals surface area (Å²) in [6, 6.07) is 0. The molecule has 148 valence electrons. The van der Waals surface area contributed by atoms with Crippen LogP contribution in [0.3, 0.4) is 0 Å². The summed E-state index contributed by atoms with van der Waals surface area (Å²) >= 11 is 0. The summed E-state index contributed by atoms with van der Waals surface area (Å²) in [6.45, 7) is 0. The number of hydrogen-bond donors (Lipinski definition) is 6. The van der Waals surface area contributed by atoms with Crippen LogP contribution < -0.4 is 65.0 Å². The molecule has 0 saturated carbocycles. The molecule has 0 fully saturated rings. The Kier molecular flexibility index (Phi) is 81.6. The van der Waals surface area contributed by atoms with Crippen molar-refractivity contribution in [3.05, 3.63) is 7.43 Å². The van der Waals surface area contributed by atoms with Crippen LogP contribution in [0.4, 0.5) is 28.8 Å². The van der Waals surface area contributed by atoms with Gasteiger partial charge in [0.25, 0.3) is 0 Å². The van der Waals surface area contributed by atoms with Crippen LogP contribution in [0.2, 0.25) is 0 Å². The molecule has 26 heavy (non-hydrogen) atoms. The maximum atomic E-state index is 8.67. The minimum absolute atomic E-state index is 0. The van der Waals surface area contributed by atoms with Gasteiger partial charge in [-0.05, 0) is 0 Å². The van der Waals surface area contributed by atoms with Crippen molar-refractivity contribution in [2.45, 2.75) is 0 Å². The molecule has 19 nitrogen and oxygen atoms in total. The topological polar surface area (TPSA) is 425 Å². The molecule has 0 spiro atoms. The summed E-state index contributed by atoms with van der Waals surface area (Å²) in [5, 5.41) is 52.0. The van der Waals surface area contributed by atoms with Crippen LogP contribution in [0.15, 0.2) is 0 Å². The molecule has 0 aromatic heterocycles. The number of nitrogens with two attached hydrogens (primary N) is 6. The number of hydrogen-bond acceptors (Lipinski definition) is 12. The van der Waals surface area contributed by atoms with E-state index in [0.29, 0.717) is 0 Å². The number of rotatable bonds is 0. The Bertz CT molecular complexity index is 270. The summed E-state index contributed by atoms with van der Waals surface area (Å²) in [6.07, 6.45) is -9.50. The second kappa shape index (κ2) is 42.8. The third-order valence-electron chi connectivity index (χ3n) is 0. The van der Waals surface area contributed by atoms with Crippen molar-refractivity contribution in [3.63, 3.8) is 0 Å². The third kappa shape index (κ3) is 346. The van der Waals surface area contributed by atoms with Crippen LogP contribution in [0, 0.1) is 7.43 Å². The predicted molar refractivity (Wildman–Crippen MR) is 61.4 cm³/mol. The molecular formula is C7H12N6O13. The molecule has 0 rings (SSSR count). The van der Waals surface area contributed by atoms with E-state index >= 15 is 0 Å². The largest absolute Gasteiger partial charge is 4.00 e. The van der Waals surface area contributed by atoms with Crippen molar-refractivity contribution in [2.75, 3.05) is 0 Å². The van der Waals surface area contributed by atoms with Crippen LogP contribution in [0.1, 0.15) is 0 Å². The standard InChI is InChI=1S/6CH3NO2.C.O/c6*2-1(3)4;;/h6*2H2,(H,3,4);;/q;;;;;;+4;+2/p-6. The number of carbonyl (C=O) groups is 6. The summed E-state index contributed by atoms with van der Waals surface area (Å²) in [5.41, 5.74) is 23.5. The van der Waals surface area contributed by atoms with E-state index in [2.05, 4.69) is 34.4 Å². The predicted octanol–water partition coefficient (Wildman–Crippen LogP) is -10.3. The van der Waals surface area contributed by atoms with Crippen LogP contribution >= 0.6 is 0 Å². The maximum Gasteiger partial charge on any atom is 4.00 e. The van der Waals surface area contributed by atoms with Crippen LogP contribution in [0.5, 0.6) is 0 Å². The second-order valence-corrected chi connectivity index (χ2v) is 1.91. The van der Waals surface area contributed by atoms with E-state index in [9.17, 15) is 0 Å². The summed E-state index contributed by atoms with van der Waals surface area (Å²) in [7, 11) is 0. The Labute approximate surface area is 144 Å². The van der Waals surface area contributed by atoms with E-state index in [1.54, 1.807) is 0 Å². The molecule has 0 aliphatic carbocycles. The summed E-state index contributed by atoms with van der Waals surface area (Å²) in [5.74, 6) is 0. The van der Waals surface area contributed by atoms with Gasteiger partial charge in [-0.1, -0.05) is 0 Å². The molecule has 0 aliphatic heterocycles.